The molecular formula is C21H26F2N2O2S. The topological polar surface area (TPSA) is 49.4 Å². The average molecular weight is 409 g/mol. The van der Waals surface area contributed by atoms with Crippen LogP contribution in [0, 0.1) is 45.2 Å². The summed E-state index contributed by atoms with van der Waals surface area (Å²) in [6, 6.07) is 5.85. The number of rotatable bonds is 5. The molecule has 0 aromatic heterocycles. The van der Waals surface area contributed by atoms with E-state index in [0.29, 0.717) is 30.2 Å². The maximum absolute atomic E-state index is 13.5. The Hall–Kier alpha value is -1.99. The summed E-state index contributed by atoms with van der Waals surface area (Å²) in [4.78, 5) is 2.31. The molecule has 4 nitrogen and oxygen atoms in total. The van der Waals surface area contributed by atoms with Gasteiger partial charge in [-0.15, -0.1) is 0 Å². The fourth-order valence-electron chi connectivity index (χ4n) is 3.80. The zero-order chi connectivity index (χ0) is 20.6. The third-order valence-electron chi connectivity index (χ3n) is 5.68. The van der Waals surface area contributed by atoms with Gasteiger partial charge < -0.3 is 4.90 Å². The Balaban J connectivity index is 1.70. The molecule has 1 fully saturated rings. The second-order valence-electron chi connectivity index (χ2n) is 7.64. The van der Waals surface area contributed by atoms with Gasteiger partial charge in [-0.3, -0.25) is 0 Å². The first-order valence-electron chi connectivity index (χ1n) is 9.37. The Morgan fingerprint density at radius 2 is 1.68 bits per heavy atom. The summed E-state index contributed by atoms with van der Waals surface area (Å²) in [5.41, 5.74) is 4.06. The molecule has 1 aliphatic rings. The van der Waals surface area contributed by atoms with Crippen LogP contribution >= 0.6 is 0 Å². The Morgan fingerprint density at radius 3 is 2.29 bits per heavy atom. The van der Waals surface area contributed by atoms with Gasteiger partial charge in [0.25, 0.3) is 0 Å². The number of aryl methyl sites for hydroxylation is 2. The second kappa shape index (κ2) is 7.79. The number of hydrogen-bond donors (Lipinski definition) is 1. The third-order valence-corrected chi connectivity index (χ3v) is 7.38. The van der Waals surface area contributed by atoms with Crippen LogP contribution in [0.1, 0.15) is 28.7 Å². The molecule has 0 radical (unpaired) electrons. The van der Waals surface area contributed by atoms with Gasteiger partial charge in [0.1, 0.15) is 0 Å². The summed E-state index contributed by atoms with van der Waals surface area (Å²) in [6.45, 7) is 9.08. The Bertz CT molecular complexity index is 980. The standard InChI is InChI=1S/C21H26F2N2O2S/c1-13-9-14(2)16(4)21(15(13)3)28(26,27)24-11-17-7-8-25(12-17)18-5-6-19(22)20(23)10-18/h5-6,9-10,17,24H,7-8,11-12H2,1-4H3/t17-/m1/s1. The molecule has 1 heterocycles. The Labute approximate surface area is 165 Å². The normalized spacial score (nSPS) is 17.4. The molecule has 0 aliphatic carbocycles. The average Bonchev–Trinajstić information content (AvgIpc) is 3.10. The molecule has 1 N–H and O–H groups in total. The molecule has 0 amide bonds. The van der Waals surface area contributed by atoms with E-state index < -0.39 is 21.7 Å². The lowest BCUT2D eigenvalue weighted by Gasteiger charge is -2.20. The first-order valence-corrected chi connectivity index (χ1v) is 10.9. The minimum Gasteiger partial charge on any atom is -0.371 e. The van der Waals surface area contributed by atoms with Gasteiger partial charge in [-0.25, -0.2) is 21.9 Å². The van der Waals surface area contributed by atoms with E-state index in [4.69, 9.17) is 0 Å². The quantitative estimate of drug-likeness (QED) is 0.814. The summed E-state index contributed by atoms with van der Waals surface area (Å²) in [7, 11) is -3.63. The van der Waals surface area contributed by atoms with Crippen molar-refractivity contribution in [3.63, 3.8) is 0 Å². The zero-order valence-electron chi connectivity index (χ0n) is 16.6. The number of benzene rings is 2. The summed E-state index contributed by atoms with van der Waals surface area (Å²) < 4.78 is 55.3. The lowest BCUT2D eigenvalue weighted by Crippen LogP contribution is -2.32. The molecule has 0 saturated carbocycles. The minimum atomic E-state index is -3.63. The van der Waals surface area contributed by atoms with Gasteiger partial charge >= 0.3 is 0 Å². The Morgan fingerprint density at radius 1 is 1.04 bits per heavy atom. The van der Waals surface area contributed by atoms with E-state index in [1.54, 1.807) is 6.07 Å². The lowest BCUT2D eigenvalue weighted by atomic mass is 10.0. The first-order chi connectivity index (χ1) is 13.1. The van der Waals surface area contributed by atoms with Gasteiger partial charge in [-0.1, -0.05) is 6.07 Å². The number of sulfonamides is 1. The molecule has 1 saturated heterocycles. The largest absolute Gasteiger partial charge is 0.371 e. The summed E-state index contributed by atoms with van der Waals surface area (Å²) in [6.07, 6.45) is 0.784. The number of nitrogens with zero attached hydrogens (tertiary/aromatic N) is 1. The summed E-state index contributed by atoms with van der Waals surface area (Å²) >= 11 is 0. The van der Waals surface area contributed by atoms with E-state index in [2.05, 4.69) is 4.72 Å². The van der Waals surface area contributed by atoms with Gasteiger partial charge in [0.15, 0.2) is 11.6 Å². The molecule has 7 heteroatoms. The van der Waals surface area contributed by atoms with E-state index in [-0.39, 0.29) is 5.92 Å². The van der Waals surface area contributed by atoms with Crippen LogP contribution in [-0.2, 0) is 10.0 Å². The molecule has 2 aromatic carbocycles. The highest BCUT2D eigenvalue weighted by Gasteiger charge is 2.27. The maximum atomic E-state index is 13.5. The van der Waals surface area contributed by atoms with Crippen molar-refractivity contribution in [2.75, 3.05) is 24.5 Å². The van der Waals surface area contributed by atoms with Crippen LogP contribution in [-0.4, -0.2) is 28.1 Å². The molecule has 28 heavy (non-hydrogen) atoms. The van der Waals surface area contributed by atoms with Crippen molar-refractivity contribution in [1.29, 1.82) is 0 Å². The minimum absolute atomic E-state index is 0.106. The van der Waals surface area contributed by atoms with Crippen molar-refractivity contribution in [3.8, 4) is 0 Å². The monoisotopic (exact) mass is 408 g/mol. The lowest BCUT2D eigenvalue weighted by molar-refractivity contribution is 0.508. The number of halogens is 2. The molecule has 1 atom stereocenters. The summed E-state index contributed by atoms with van der Waals surface area (Å²) in [5, 5.41) is 0. The Kier molecular flexibility index (Phi) is 5.77. The van der Waals surface area contributed by atoms with Gasteiger partial charge in [-0.2, -0.15) is 0 Å². The van der Waals surface area contributed by atoms with Crippen LogP contribution in [0.5, 0.6) is 0 Å². The van der Waals surface area contributed by atoms with E-state index in [0.717, 1.165) is 34.7 Å². The van der Waals surface area contributed by atoms with E-state index in [9.17, 15) is 17.2 Å². The smallest absolute Gasteiger partial charge is 0.241 e. The fraction of sp³-hybridized carbons (Fsp3) is 0.429. The third kappa shape index (κ3) is 4.05. The molecule has 3 rings (SSSR count). The van der Waals surface area contributed by atoms with Gasteiger partial charge in [0, 0.05) is 31.4 Å². The van der Waals surface area contributed by atoms with Crippen LogP contribution in [0.3, 0.4) is 0 Å². The highest BCUT2D eigenvalue weighted by Crippen LogP contribution is 2.28. The number of anilines is 1. The van der Waals surface area contributed by atoms with Crippen LogP contribution in [0.4, 0.5) is 14.5 Å². The molecule has 0 bridgehead atoms. The fourth-order valence-corrected chi connectivity index (χ4v) is 5.53. The van der Waals surface area contributed by atoms with Crippen LogP contribution < -0.4 is 9.62 Å². The van der Waals surface area contributed by atoms with Gasteiger partial charge in [0.2, 0.25) is 10.0 Å². The van der Waals surface area contributed by atoms with E-state index in [1.165, 1.54) is 6.07 Å². The van der Waals surface area contributed by atoms with Crippen LogP contribution in [0.15, 0.2) is 29.2 Å². The molecule has 1 aliphatic heterocycles. The van der Waals surface area contributed by atoms with E-state index in [1.807, 2.05) is 38.7 Å². The van der Waals surface area contributed by atoms with Gasteiger partial charge in [-0.05, 0) is 74.4 Å². The van der Waals surface area contributed by atoms with Crippen molar-refractivity contribution in [3.05, 3.63) is 58.2 Å². The highest BCUT2D eigenvalue weighted by atomic mass is 32.2. The highest BCUT2D eigenvalue weighted by molar-refractivity contribution is 7.89. The van der Waals surface area contributed by atoms with Crippen molar-refractivity contribution >= 4 is 15.7 Å². The van der Waals surface area contributed by atoms with Crippen molar-refractivity contribution < 1.29 is 17.2 Å². The molecule has 0 unspecified atom stereocenters. The predicted octanol–water partition coefficient (Wildman–Crippen LogP) is 4.00. The maximum Gasteiger partial charge on any atom is 0.241 e. The molecule has 0 spiro atoms. The molecule has 2 aromatic rings. The summed E-state index contributed by atoms with van der Waals surface area (Å²) in [5.74, 6) is -1.64. The number of hydrogen-bond acceptors (Lipinski definition) is 3. The number of nitrogens with one attached hydrogen (secondary N) is 1. The van der Waals surface area contributed by atoms with Crippen LogP contribution in [0.25, 0.3) is 0 Å². The molecular weight excluding hydrogens is 382 g/mol. The second-order valence-corrected chi connectivity index (χ2v) is 9.34. The SMILES string of the molecule is Cc1cc(C)c(C)c(S(=O)(=O)NC[C@H]2CCN(c3ccc(F)c(F)c3)C2)c1C. The predicted molar refractivity (Wildman–Crippen MR) is 107 cm³/mol. The van der Waals surface area contributed by atoms with Crippen LogP contribution in [0.2, 0.25) is 0 Å². The first kappa shape index (κ1) is 20.7. The molecule has 152 valence electrons. The van der Waals surface area contributed by atoms with Crippen molar-refractivity contribution in [2.24, 2.45) is 5.92 Å². The van der Waals surface area contributed by atoms with Gasteiger partial charge in [0.05, 0.1) is 4.90 Å². The zero-order valence-corrected chi connectivity index (χ0v) is 17.5. The van der Waals surface area contributed by atoms with E-state index >= 15 is 0 Å². The van der Waals surface area contributed by atoms with Crippen molar-refractivity contribution in [2.45, 2.75) is 39.0 Å². The van der Waals surface area contributed by atoms with Crippen molar-refractivity contribution in [1.82, 2.24) is 4.72 Å².